The van der Waals surface area contributed by atoms with Gasteiger partial charge in [-0.15, -0.1) is 11.6 Å². The fourth-order valence-electron chi connectivity index (χ4n) is 2.49. The molecule has 2 aromatic carbocycles. The summed E-state index contributed by atoms with van der Waals surface area (Å²) in [4.78, 5) is 25.0. The second-order valence-corrected chi connectivity index (χ2v) is 6.91. The van der Waals surface area contributed by atoms with Crippen LogP contribution in [0.5, 0.6) is 0 Å². The molecule has 1 heterocycles. The number of H-pyrrole nitrogens is 1. The summed E-state index contributed by atoms with van der Waals surface area (Å²) in [7, 11) is 0. The largest absolute Gasteiger partial charge is 0.417 e. The van der Waals surface area contributed by atoms with Crippen LogP contribution in [0.25, 0.3) is 5.69 Å². The number of hydrogen-bond donors (Lipinski definition) is 1. The minimum atomic E-state index is -4.63. The van der Waals surface area contributed by atoms with Gasteiger partial charge in [0.15, 0.2) is 0 Å². The van der Waals surface area contributed by atoms with Gasteiger partial charge < -0.3 is 0 Å². The smallest absolute Gasteiger partial charge is 0.271 e. The molecule has 0 aliphatic heterocycles. The maximum atomic E-state index is 13.1. The van der Waals surface area contributed by atoms with Crippen LogP contribution in [0.3, 0.4) is 0 Å². The van der Waals surface area contributed by atoms with Gasteiger partial charge in [-0.3, -0.25) is 9.78 Å². The van der Waals surface area contributed by atoms with E-state index in [2.05, 4.69) is 5.10 Å². The van der Waals surface area contributed by atoms with Gasteiger partial charge in [0.2, 0.25) is 0 Å². The number of nitrogens with zero attached hydrogens (tertiary/aromatic N) is 2. The van der Waals surface area contributed by atoms with Crippen molar-refractivity contribution in [3.8, 4) is 5.69 Å². The summed E-state index contributed by atoms with van der Waals surface area (Å²) in [6.07, 6.45) is -3.71. The zero-order valence-electron chi connectivity index (χ0n) is 13.6. The Morgan fingerprint density at radius 1 is 1.04 bits per heavy atom. The molecule has 1 N–H and O–H groups in total. The first-order valence-corrected chi connectivity index (χ1v) is 8.76. The van der Waals surface area contributed by atoms with E-state index in [9.17, 15) is 22.8 Å². The molecular formula is C17H9Cl3F3N3O2. The minimum absolute atomic E-state index is 0.0981. The summed E-state index contributed by atoms with van der Waals surface area (Å²) in [6.45, 7) is 0. The zero-order chi connectivity index (χ0) is 20.6. The number of benzene rings is 2. The molecule has 3 aromatic rings. The molecule has 3 rings (SSSR count). The monoisotopic (exact) mass is 449 g/mol. The summed E-state index contributed by atoms with van der Waals surface area (Å²) in [5, 5.41) is 2.36. The fourth-order valence-corrected chi connectivity index (χ4v) is 3.38. The van der Waals surface area contributed by atoms with Crippen molar-refractivity contribution in [2.75, 3.05) is 0 Å². The third-order valence-corrected chi connectivity index (χ3v) is 4.95. The van der Waals surface area contributed by atoms with E-state index in [1.165, 1.54) is 24.3 Å². The predicted octanol–water partition coefficient (Wildman–Crippen LogP) is 4.57. The van der Waals surface area contributed by atoms with Gasteiger partial charge in [0, 0.05) is 5.02 Å². The highest BCUT2D eigenvalue weighted by Gasteiger charge is 2.34. The molecule has 0 radical (unpaired) electrons. The van der Waals surface area contributed by atoms with Crippen LogP contribution in [0, 0.1) is 0 Å². The number of halogens is 6. The van der Waals surface area contributed by atoms with Crippen molar-refractivity contribution >= 4 is 34.8 Å². The lowest BCUT2D eigenvalue weighted by Gasteiger charge is -2.16. The molecule has 5 nitrogen and oxygen atoms in total. The van der Waals surface area contributed by atoms with Crippen molar-refractivity contribution in [2.24, 2.45) is 0 Å². The highest BCUT2D eigenvalue weighted by molar-refractivity contribution is 6.33. The Labute approximate surface area is 170 Å². The predicted molar refractivity (Wildman–Crippen MR) is 99.6 cm³/mol. The first kappa shape index (κ1) is 20.4. The molecule has 0 saturated heterocycles. The minimum Gasteiger partial charge on any atom is -0.271 e. The van der Waals surface area contributed by atoms with Gasteiger partial charge in [0.25, 0.3) is 5.56 Å². The van der Waals surface area contributed by atoms with E-state index >= 15 is 0 Å². The van der Waals surface area contributed by atoms with E-state index in [0.29, 0.717) is 5.56 Å². The molecule has 11 heteroatoms. The van der Waals surface area contributed by atoms with E-state index in [1.54, 1.807) is 0 Å². The maximum absolute atomic E-state index is 13.1. The normalized spacial score (nSPS) is 12.8. The average molecular weight is 451 g/mol. The molecule has 146 valence electrons. The lowest BCUT2D eigenvalue weighted by atomic mass is 10.0. The number of aromatic amines is 1. The van der Waals surface area contributed by atoms with Crippen LogP contribution in [-0.2, 0) is 6.18 Å². The van der Waals surface area contributed by atoms with Crippen molar-refractivity contribution in [2.45, 2.75) is 11.6 Å². The second-order valence-electron chi connectivity index (χ2n) is 5.66. The molecule has 0 bridgehead atoms. The molecule has 0 fully saturated rings. The summed E-state index contributed by atoms with van der Waals surface area (Å²) in [6, 6.07) is 7.60. The van der Waals surface area contributed by atoms with E-state index in [0.717, 1.165) is 23.0 Å². The summed E-state index contributed by atoms with van der Waals surface area (Å²) < 4.78 is 40.1. The number of nitrogens with one attached hydrogen (secondary N) is 1. The van der Waals surface area contributed by atoms with Crippen LogP contribution in [0.1, 0.15) is 22.1 Å². The number of rotatable bonds is 3. The molecule has 0 amide bonds. The van der Waals surface area contributed by atoms with Crippen LogP contribution < -0.4 is 11.2 Å². The van der Waals surface area contributed by atoms with Crippen LogP contribution in [0.4, 0.5) is 13.2 Å². The Morgan fingerprint density at radius 3 is 2.36 bits per heavy atom. The topological polar surface area (TPSA) is 67.8 Å². The Kier molecular flexibility index (Phi) is 5.56. The number of hydrogen-bond acceptors (Lipinski definition) is 3. The number of alkyl halides is 4. The third kappa shape index (κ3) is 4.09. The molecule has 28 heavy (non-hydrogen) atoms. The Hall–Kier alpha value is -2.29. The average Bonchev–Trinajstić information content (AvgIpc) is 2.60. The van der Waals surface area contributed by atoms with Crippen LogP contribution in [0.15, 0.2) is 52.2 Å². The maximum Gasteiger partial charge on any atom is 0.417 e. The highest BCUT2D eigenvalue weighted by Crippen LogP contribution is 2.40. The second kappa shape index (κ2) is 7.62. The molecule has 0 spiro atoms. The van der Waals surface area contributed by atoms with Gasteiger partial charge in [-0.25, -0.2) is 4.79 Å². The van der Waals surface area contributed by atoms with Crippen molar-refractivity contribution in [1.29, 1.82) is 0 Å². The molecule has 0 aliphatic carbocycles. The Bertz CT molecular complexity index is 1160. The van der Waals surface area contributed by atoms with Crippen molar-refractivity contribution in [3.05, 3.63) is 90.2 Å². The van der Waals surface area contributed by atoms with E-state index < -0.39 is 33.4 Å². The molecule has 0 aliphatic rings. The van der Waals surface area contributed by atoms with Crippen molar-refractivity contribution in [3.63, 3.8) is 0 Å². The molecule has 1 aromatic heterocycles. The van der Waals surface area contributed by atoms with Crippen molar-refractivity contribution in [1.82, 2.24) is 14.8 Å². The standard InChI is InChI=1S/C17H9Cl3F3N3O2/c18-12-4-1-8(5-11(12)17(21,22)23)15(20)10-3-2-9(6-13(10)19)26-16(28)25-14(27)7-24-26/h1-7,15H,(H,25,27,28). The first-order valence-electron chi connectivity index (χ1n) is 7.57. The number of aromatic nitrogens is 3. The van der Waals surface area contributed by atoms with E-state index in [4.69, 9.17) is 34.8 Å². The first-order chi connectivity index (χ1) is 13.1. The van der Waals surface area contributed by atoms with Gasteiger partial charge in [-0.2, -0.15) is 23.0 Å². The van der Waals surface area contributed by atoms with Gasteiger partial charge in [0.05, 0.1) is 21.7 Å². The van der Waals surface area contributed by atoms with Gasteiger partial charge in [-0.05, 0) is 35.4 Å². The van der Waals surface area contributed by atoms with Crippen LogP contribution in [0.2, 0.25) is 10.0 Å². The lowest BCUT2D eigenvalue weighted by Crippen LogP contribution is -2.30. The third-order valence-electron chi connectivity index (χ3n) is 3.80. The molecule has 0 saturated carbocycles. The lowest BCUT2D eigenvalue weighted by molar-refractivity contribution is -0.137. The van der Waals surface area contributed by atoms with Crippen LogP contribution in [-0.4, -0.2) is 14.8 Å². The molecule has 1 atom stereocenters. The fraction of sp³-hybridized carbons (Fsp3) is 0.118. The van der Waals surface area contributed by atoms with Crippen LogP contribution >= 0.6 is 34.8 Å². The van der Waals surface area contributed by atoms with Crippen molar-refractivity contribution < 1.29 is 13.2 Å². The quantitative estimate of drug-likeness (QED) is 0.594. The summed E-state index contributed by atoms with van der Waals surface area (Å²) >= 11 is 18.2. The van der Waals surface area contributed by atoms with Gasteiger partial charge >= 0.3 is 11.9 Å². The van der Waals surface area contributed by atoms with Gasteiger partial charge in [-0.1, -0.05) is 35.3 Å². The van der Waals surface area contributed by atoms with E-state index in [-0.39, 0.29) is 16.3 Å². The zero-order valence-corrected chi connectivity index (χ0v) is 15.9. The molecule has 1 unspecified atom stereocenters. The SMILES string of the molecule is O=c1cnn(-c2ccc(C(Cl)c3ccc(Cl)c(C(F)(F)F)c3)c(Cl)c2)c(=O)[nH]1. The Morgan fingerprint density at radius 2 is 1.75 bits per heavy atom. The highest BCUT2D eigenvalue weighted by atomic mass is 35.5. The Balaban J connectivity index is 2.01. The molecular weight excluding hydrogens is 442 g/mol. The van der Waals surface area contributed by atoms with E-state index in [1.807, 2.05) is 4.98 Å². The van der Waals surface area contributed by atoms with Gasteiger partial charge in [0.1, 0.15) is 6.20 Å². The summed E-state index contributed by atoms with van der Waals surface area (Å²) in [5.41, 5.74) is -1.73. The summed E-state index contributed by atoms with van der Waals surface area (Å²) in [5.74, 6) is 0.